The number of hydrogen-bond acceptors (Lipinski definition) is 4. The summed E-state index contributed by atoms with van der Waals surface area (Å²) in [5, 5.41) is 8.91. The summed E-state index contributed by atoms with van der Waals surface area (Å²) in [5.74, 6) is -0.0168. The molecule has 1 saturated carbocycles. The standard InChI is InChI=1S/C6H13NO3S/c1-11(9,10)4-6(7)2-5(8)3-6/h5,8H,2-4,7H2,1H3. The van der Waals surface area contributed by atoms with Crippen LogP contribution in [0.25, 0.3) is 0 Å². The molecule has 1 rings (SSSR count). The van der Waals surface area contributed by atoms with Crippen molar-refractivity contribution in [2.75, 3.05) is 12.0 Å². The smallest absolute Gasteiger partial charge is 0.149 e. The third kappa shape index (κ3) is 2.43. The highest BCUT2D eigenvalue weighted by molar-refractivity contribution is 7.90. The Bertz CT molecular complexity index is 241. The van der Waals surface area contributed by atoms with Gasteiger partial charge in [0.1, 0.15) is 9.84 Å². The Morgan fingerprint density at radius 2 is 2.09 bits per heavy atom. The molecule has 5 heteroatoms. The summed E-state index contributed by atoms with van der Waals surface area (Å²) in [7, 11) is -3.00. The van der Waals surface area contributed by atoms with Crippen LogP contribution in [0.5, 0.6) is 0 Å². The van der Waals surface area contributed by atoms with Gasteiger partial charge in [0.15, 0.2) is 0 Å². The van der Waals surface area contributed by atoms with Crippen LogP contribution in [0.1, 0.15) is 12.8 Å². The normalized spacial score (nSPS) is 38.3. The van der Waals surface area contributed by atoms with Crippen molar-refractivity contribution in [3.63, 3.8) is 0 Å². The van der Waals surface area contributed by atoms with Gasteiger partial charge in [0.05, 0.1) is 11.9 Å². The van der Waals surface area contributed by atoms with E-state index < -0.39 is 21.5 Å². The van der Waals surface area contributed by atoms with Gasteiger partial charge in [-0.05, 0) is 12.8 Å². The van der Waals surface area contributed by atoms with E-state index in [9.17, 15) is 8.42 Å². The lowest BCUT2D eigenvalue weighted by Gasteiger charge is -2.41. The minimum atomic E-state index is -3.00. The molecule has 0 unspecified atom stereocenters. The van der Waals surface area contributed by atoms with E-state index in [1.165, 1.54) is 0 Å². The van der Waals surface area contributed by atoms with E-state index in [2.05, 4.69) is 0 Å². The molecule has 0 aliphatic heterocycles. The Morgan fingerprint density at radius 3 is 2.36 bits per heavy atom. The topological polar surface area (TPSA) is 80.4 Å². The Hall–Kier alpha value is -0.130. The summed E-state index contributed by atoms with van der Waals surface area (Å²) in [6.07, 6.45) is 1.56. The molecule has 0 heterocycles. The van der Waals surface area contributed by atoms with E-state index in [1.54, 1.807) is 0 Å². The van der Waals surface area contributed by atoms with Gasteiger partial charge in [-0.2, -0.15) is 0 Å². The lowest BCUT2D eigenvalue weighted by Crippen LogP contribution is -2.58. The van der Waals surface area contributed by atoms with Gasteiger partial charge < -0.3 is 10.8 Å². The molecule has 0 amide bonds. The molecule has 1 aliphatic carbocycles. The first-order valence-electron chi connectivity index (χ1n) is 3.45. The number of aliphatic hydroxyl groups is 1. The third-order valence-corrected chi connectivity index (χ3v) is 2.93. The van der Waals surface area contributed by atoms with E-state index in [0.29, 0.717) is 12.8 Å². The summed E-state index contributed by atoms with van der Waals surface area (Å²) in [6, 6.07) is 0. The first-order valence-corrected chi connectivity index (χ1v) is 5.51. The Kier molecular flexibility index (Phi) is 1.98. The lowest BCUT2D eigenvalue weighted by molar-refractivity contribution is 0.0339. The van der Waals surface area contributed by atoms with Crippen molar-refractivity contribution in [3.8, 4) is 0 Å². The molecule has 1 aliphatic rings. The molecule has 0 radical (unpaired) electrons. The second-order valence-corrected chi connectivity index (χ2v) is 5.63. The molecule has 66 valence electrons. The minimum Gasteiger partial charge on any atom is -0.393 e. The Labute approximate surface area is 66.3 Å². The van der Waals surface area contributed by atoms with E-state index >= 15 is 0 Å². The molecular weight excluding hydrogens is 166 g/mol. The van der Waals surface area contributed by atoms with E-state index in [4.69, 9.17) is 10.8 Å². The second-order valence-electron chi connectivity index (χ2n) is 3.49. The van der Waals surface area contributed by atoms with Crippen LogP contribution in [0.2, 0.25) is 0 Å². The van der Waals surface area contributed by atoms with Crippen LogP contribution < -0.4 is 5.73 Å². The van der Waals surface area contributed by atoms with Gasteiger partial charge in [0, 0.05) is 11.8 Å². The van der Waals surface area contributed by atoms with Gasteiger partial charge in [0.2, 0.25) is 0 Å². The van der Waals surface area contributed by atoms with Gasteiger partial charge in [-0.25, -0.2) is 8.42 Å². The molecule has 0 bridgehead atoms. The highest BCUT2D eigenvalue weighted by Crippen LogP contribution is 2.30. The quantitative estimate of drug-likeness (QED) is 0.563. The van der Waals surface area contributed by atoms with Crippen LogP contribution in [0.4, 0.5) is 0 Å². The van der Waals surface area contributed by atoms with Crippen molar-refractivity contribution in [1.29, 1.82) is 0 Å². The average molecular weight is 179 g/mol. The molecule has 11 heavy (non-hydrogen) atoms. The highest BCUT2D eigenvalue weighted by atomic mass is 32.2. The zero-order valence-corrected chi connectivity index (χ0v) is 7.26. The number of rotatable bonds is 2. The Morgan fingerprint density at radius 1 is 1.64 bits per heavy atom. The van der Waals surface area contributed by atoms with Crippen molar-refractivity contribution in [2.24, 2.45) is 5.73 Å². The predicted molar refractivity (Wildman–Crippen MR) is 41.9 cm³/mol. The fraction of sp³-hybridized carbons (Fsp3) is 1.00. The SMILES string of the molecule is CS(=O)(=O)CC1(N)CC(O)C1. The largest absolute Gasteiger partial charge is 0.393 e. The van der Waals surface area contributed by atoms with Crippen LogP contribution in [0.15, 0.2) is 0 Å². The lowest BCUT2D eigenvalue weighted by atomic mass is 9.77. The minimum absolute atomic E-state index is 0.0168. The second kappa shape index (κ2) is 2.43. The summed E-state index contributed by atoms with van der Waals surface area (Å²) < 4.78 is 21.6. The molecule has 0 aromatic rings. The summed E-state index contributed by atoms with van der Waals surface area (Å²) in [6.45, 7) is 0. The van der Waals surface area contributed by atoms with Crippen LogP contribution >= 0.6 is 0 Å². The predicted octanol–water partition coefficient (Wildman–Crippen LogP) is -1.12. The highest BCUT2D eigenvalue weighted by Gasteiger charge is 2.42. The monoisotopic (exact) mass is 179 g/mol. The molecule has 0 atom stereocenters. The van der Waals surface area contributed by atoms with Crippen LogP contribution in [-0.2, 0) is 9.84 Å². The molecule has 3 N–H and O–H groups in total. The Balaban J connectivity index is 2.51. The molecular formula is C6H13NO3S. The van der Waals surface area contributed by atoms with Crippen molar-refractivity contribution >= 4 is 9.84 Å². The van der Waals surface area contributed by atoms with Crippen LogP contribution in [0.3, 0.4) is 0 Å². The molecule has 0 saturated heterocycles. The first-order chi connectivity index (χ1) is 4.81. The maximum atomic E-state index is 10.8. The third-order valence-electron chi connectivity index (χ3n) is 1.83. The number of hydrogen-bond donors (Lipinski definition) is 2. The van der Waals surface area contributed by atoms with Crippen LogP contribution in [0, 0.1) is 0 Å². The first kappa shape index (κ1) is 8.96. The summed E-state index contributed by atoms with van der Waals surface area (Å²) in [5.41, 5.74) is 4.98. The number of sulfone groups is 1. The van der Waals surface area contributed by atoms with Gasteiger partial charge >= 0.3 is 0 Å². The maximum absolute atomic E-state index is 10.8. The van der Waals surface area contributed by atoms with Crippen LogP contribution in [-0.4, -0.2) is 37.2 Å². The fourth-order valence-electron chi connectivity index (χ4n) is 1.52. The molecule has 4 nitrogen and oxygen atoms in total. The summed E-state index contributed by atoms with van der Waals surface area (Å²) >= 11 is 0. The van der Waals surface area contributed by atoms with Gasteiger partial charge in [-0.3, -0.25) is 0 Å². The van der Waals surface area contributed by atoms with Gasteiger partial charge in [0.25, 0.3) is 0 Å². The molecule has 0 aromatic carbocycles. The molecule has 1 fully saturated rings. The van der Waals surface area contributed by atoms with E-state index in [0.717, 1.165) is 6.26 Å². The van der Waals surface area contributed by atoms with Gasteiger partial charge in [-0.1, -0.05) is 0 Å². The number of nitrogens with two attached hydrogens (primary N) is 1. The van der Waals surface area contributed by atoms with Crippen molar-refractivity contribution in [2.45, 2.75) is 24.5 Å². The average Bonchev–Trinajstić information content (AvgIpc) is 1.53. The van der Waals surface area contributed by atoms with E-state index in [-0.39, 0.29) is 5.75 Å². The fourth-order valence-corrected chi connectivity index (χ4v) is 2.80. The van der Waals surface area contributed by atoms with Crippen molar-refractivity contribution in [1.82, 2.24) is 0 Å². The molecule has 0 aromatic heterocycles. The van der Waals surface area contributed by atoms with E-state index in [1.807, 2.05) is 0 Å². The van der Waals surface area contributed by atoms with Crippen molar-refractivity contribution < 1.29 is 13.5 Å². The molecule has 0 spiro atoms. The van der Waals surface area contributed by atoms with Gasteiger partial charge in [-0.15, -0.1) is 0 Å². The zero-order chi connectivity index (χ0) is 8.70. The zero-order valence-electron chi connectivity index (χ0n) is 6.45. The summed E-state index contributed by atoms with van der Waals surface area (Å²) in [4.78, 5) is 0. The number of aliphatic hydroxyl groups excluding tert-OH is 1. The maximum Gasteiger partial charge on any atom is 0.149 e. The van der Waals surface area contributed by atoms with Crippen molar-refractivity contribution in [3.05, 3.63) is 0 Å².